The number of carbonyl (C=O) groups is 1. The third-order valence-corrected chi connectivity index (χ3v) is 2.08. The Morgan fingerprint density at radius 3 is 2.88 bits per heavy atom. The summed E-state index contributed by atoms with van der Waals surface area (Å²) >= 11 is 0. The summed E-state index contributed by atoms with van der Waals surface area (Å²) < 4.78 is 0. The van der Waals surface area contributed by atoms with Crippen molar-refractivity contribution in [3.8, 4) is 0 Å². The lowest BCUT2D eigenvalue weighted by Gasteiger charge is -2.04. The van der Waals surface area contributed by atoms with Crippen LogP contribution in [0.5, 0.6) is 0 Å². The lowest BCUT2D eigenvalue weighted by molar-refractivity contribution is -0.118. The number of carbonyl (C=O) groups excluding carboxylic acids is 1. The first-order valence-corrected chi connectivity index (χ1v) is 4.94. The Labute approximate surface area is 94.5 Å². The van der Waals surface area contributed by atoms with Crippen molar-refractivity contribution in [2.45, 2.75) is 13.8 Å². The molecule has 0 aliphatic rings. The van der Waals surface area contributed by atoms with Crippen LogP contribution in [0.4, 0.5) is 11.5 Å². The number of hydrogen-bond donors (Lipinski definition) is 3. The molecule has 0 bridgehead atoms. The van der Waals surface area contributed by atoms with E-state index in [2.05, 4.69) is 10.3 Å². The maximum Gasteiger partial charge on any atom is 0.217 e. The van der Waals surface area contributed by atoms with Crippen molar-refractivity contribution in [1.82, 2.24) is 10.3 Å². The van der Waals surface area contributed by atoms with Gasteiger partial charge in [-0.25, -0.2) is 4.98 Å². The smallest absolute Gasteiger partial charge is 0.217 e. The molecule has 5 heteroatoms. The predicted molar refractivity (Wildman–Crippen MR) is 65.5 cm³/mol. The molecule has 0 radical (unpaired) electrons. The lowest BCUT2D eigenvalue weighted by Crippen LogP contribution is -2.19. The molecule has 0 saturated heterocycles. The zero-order valence-electron chi connectivity index (χ0n) is 9.45. The van der Waals surface area contributed by atoms with Crippen LogP contribution in [0.2, 0.25) is 0 Å². The van der Waals surface area contributed by atoms with Crippen LogP contribution in [0, 0.1) is 6.92 Å². The molecule has 0 aliphatic heterocycles. The summed E-state index contributed by atoms with van der Waals surface area (Å²) in [5, 5.41) is 2.66. The number of nitrogen functional groups attached to an aromatic ring is 2. The van der Waals surface area contributed by atoms with Gasteiger partial charge in [0.05, 0.1) is 5.69 Å². The largest absolute Gasteiger partial charge is 0.396 e. The lowest BCUT2D eigenvalue weighted by atomic mass is 10.1. The van der Waals surface area contributed by atoms with Crippen LogP contribution in [0.1, 0.15) is 18.2 Å². The van der Waals surface area contributed by atoms with Crippen molar-refractivity contribution in [3.05, 3.63) is 23.4 Å². The van der Waals surface area contributed by atoms with E-state index in [1.807, 2.05) is 19.1 Å². The van der Waals surface area contributed by atoms with E-state index in [-0.39, 0.29) is 5.91 Å². The number of aryl methyl sites for hydroxylation is 1. The van der Waals surface area contributed by atoms with E-state index in [9.17, 15) is 4.79 Å². The second-order valence-corrected chi connectivity index (χ2v) is 3.48. The van der Waals surface area contributed by atoms with E-state index in [0.717, 1.165) is 11.3 Å². The third-order valence-electron chi connectivity index (χ3n) is 2.08. The average Bonchev–Trinajstić information content (AvgIpc) is 2.19. The van der Waals surface area contributed by atoms with Gasteiger partial charge in [0, 0.05) is 19.2 Å². The summed E-state index contributed by atoms with van der Waals surface area (Å²) in [6.45, 7) is 3.81. The third kappa shape index (κ3) is 3.27. The number of aromatic nitrogens is 1. The van der Waals surface area contributed by atoms with Gasteiger partial charge >= 0.3 is 0 Å². The number of anilines is 2. The number of nitrogens with one attached hydrogen (secondary N) is 1. The first-order valence-electron chi connectivity index (χ1n) is 4.94. The molecule has 1 aromatic heterocycles. The van der Waals surface area contributed by atoms with Crippen molar-refractivity contribution in [3.63, 3.8) is 0 Å². The highest BCUT2D eigenvalue weighted by atomic mass is 16.1. The molecule has 1 aromatic rings. The highest BCUT2D eigenvalue weighted by molar-refractivity contribution is 5.73. The van der Waals surface area contributed by atoms with Crippen molar-refractivity contribution in [1.29, 1.82) is 0 Å². The van der Waals surface area contributed by atoms with Crippen LogP contribution in [-0.2, 0) is 4.79 Å². The van der Waals surface area contributed by atoms with E-state index < -0.39 is 0 Å². The molecule has 0 unspecified atom stereocenters. The SMILES string of the molecule is CC(=O)NCC=Cc1cc(N)c(N)nc1C. The zero-order valence-corrected chi connectivity index (χ0v) is 9.45. The van der Waals surface area contributed by atoms with Crippen LogP contribution in [-0.4, -0.2) is 17.4 Å². The number of nitrogens with two attached hydrogens (primary N) is 2. The fourth-order valence-corrected chi connectivity index (χ4v) is 1.21. The molecule has 1 rings (SSSR count). The van der Waals surface area contributed by atoms with Gasteiger partial charge in [-0.2, -0.15) is 0 Å². The number of rotatable bonds is 3. The molecule has 5 nitrogen and oxygen atoms in total. The summed E-state index contributed by atoms with van der Waals surface area (Å²) in [6.07, 6.45) is 3.69. The van der Waals surface area contributed by atoms with Crippen LogP contribution < -0.4 is 16.8 Å². The molecule has 16 heavy (non-hydrogen) atoms. The van der Waals surface area contributed by atoms with Gasteiger partial charge in [0.15, 0.2) is 0 Å². The van der Waals surface area contributed by atoms with Gasteiger partial charge in [-0.15, -0.1) is 0 Å². The first kappa shape index (κ1) is 12.0. The van der Waals surface area contributed by atoms with Gasteiger partial charge in [-0.1, -0.05) is 12.2 Å². The van der Waals surface area contributed by atoms with Gasteiger partial charge < -0.3 is 16.8 Å². The summed E-state index contributed by atoms with van der Waals surface area (Å²) in [4.78, 5) is 14.7. The maximum atomic E-state index is 10.6. The van der Waals surface area contributed by atoms with E-state index in [1.54, 1.807) is 6.07 Å². The first-order chi connectivity index (χ1) is 7.50. The summed E-state index contributed by atoms with van der Waals surface area (Å²) in [5.41, 5.74) is 13.4. The van der Waals surface area contributed by atoms with Crippen LogP contribution in [0.15, 0.2) is 12.1 Å². The monoisotopic (exact) mass is 220 g/mol. The standard InChI is InChI=1S/C11H16N4O/c1-7-9(4-3-5-14-8(2)16)6-10(12)11(13)15-7/h3-4,6H,5,12H2,1-2H3,(H2,13,15)(H,14,16). The normalized spacial score (nSPS) is 10.6. The molecule has 0 aromatic carbocycles. The second-order valence-electron chi connectivity index (χ2n) is 3.48. The van der Waals surface area contributed by atoms with Gasteiger partial charge in [-0.05, 0) is 18.6 Å². The van der Waals surface area contributed by atoms with Crippen molar-refractivity contribution in [2.75, 3.05) is 18.0 Å². The van der Waals surface area contributed by atoms with E-state index >= 15 is 0 Å². The molecule has 1 amide bonds. The minimum absolute atomic E-state index is 0.0590. The molecule has 0 atom stereocenters. The number of amides is 1. The van der Waals surface area contributed by atoms with Crippen LogP contribution >= 0.6 is 0 Å². The van der Waals surface area contributed by atoms with Gasteiger partial charge in [0.25, 0.3) is 0 Å². The zero-order chi connectivity index (χ0) is 12.1. The molecular formula is C11H16N4O. The van der Waals surface area contributed by atoms with Gasteiger partial charge in [-0.3, -0.25) is 4.79 Å². The number of nitrogens with zero attached hydrogens (tertiary/aromatic N) is 1. The predicted octanol–water partition coefficient (Wildman–Crippen LogP) is 0.704. The second kappa shape index (κ2) is 5.16. The van der Waals surface area contributed by atoms with Gasteiger partial charge in [0.2, 0.25) is 5.91 Å². The average molecular weight is 220 g/mol. The van der Waals surface area contributed by atoms with Crippen LogP contribution in [0.25, 0.3) is 6.08 Å². The van der Waals surface area contributed by atoms with Crippen molar-refractivity contribution >= 4 is 23.5 Å². The molecule has 1 heterocycles. The Morgan fingerprint density at radius 2 is 2.25 bits per heavy atom. The summed E-state index contributed by atoms with van der Waals surface area (Å²) in [7, 11) is 0. The minimum Gasteiger partial charge on any atom is -0.396 e. The highest BCUT2D eigenvalue weighted by Gasteiger charge is 2.01. The van der Waals surface area contributed by atoms with E-state index in [4.69, 9.17) is 11.5 Å². The van der Waals surface area contributed by atoms with Crippen molar-refractivity contribution < 1.29 is 4.79 Å². The fourth-order valence-electron chi connectivity index (χ4n) is 1.21. The Balaban J connectivity index is 2.73. The quantitative estimate of drug-likeness (QED) is 0.699. The minimum atomic E-state index is -0.0590. The highest BCUT2D eigenvalue weighted by Crippen LogP contribution is 2.17. The van der Waals surface area contributed by atoms with Gasteiger partial charge in [0.1, 0.15) is 5.82 Å². The Kier molecular flexibility index (Phi) is 3.88. The summed E-state index contributed by atoms with van der Waals surface area (Å²) in [6, 6.07) is 1.77. The van der Waals surface area contributed by atoms with E-state index in [1.165, 1.54) is 6.92 Å². The number of hydrogen-bond acceptors (Lipinski definition) is 4. The Bertz CT molecular complexity index is 426. The fraction of sp³-hybridized carbons (Fsp3) is 0.273. The van der Waals surface area contributed by atoms with Crippen molar-refractivity contribution in [2.24, 2.45) is 0 Å². The Morgan fingerprint density at radius 1 is 1.56 bits per heavy atom. The Hall–Kier alpha value is -2.04. The molecule has 5 N–H and O–H groups in total. The molecule has 0 spiro atoms. The maximum absolute atomic E-state index is 10.6. The number of pyridine rings is 1. The van der Waals surface area contributed by atoms with E-state index in [0.29, 0.717) is 18.1 Å². The molecule has 0 aliphatic carbocycles. The molecule has 0 fully saturated rings. The molecule has 86 valence electrons. The summed E-state index contributed by atoms with van der Waals surface area (Å²) in [5.74, 6) is 0.285. The van der Waals surface area contributed by atoms with Crippen LogP contribution in [0.3, 0.4) is 0 Å². The topological polar surface area (TPSA) is 94.0 Å². The molecular weight excluding hydrogens is 204 g/mol. The molecule has 0 saturated carbocycles.